The fraction of sp³-hybridized carbons (Fsp3) is 0.174. The third-order valence-electron chi connectivity index (χ3n) is 5.68. The molecule has 0 saturated carbocycles. The fourth-order valence-electron chi connectivity index (χ4n) is 4.11. The first-order valence-corrected chi connectivity index (χ1v) is 9.84. The molecule has 2 aliphatic rings. The number of nitrogens with zero attached hydrogens (tertiary/aromatic N) is 3. The summed E-state index contributed by atoms with van der Waals surface area (Å²) in [5.41, 5.74) is 11.9. The summed E-state index contributed by atoms with van der Waals surface area (Å²) >= 11 is 0. The van der Waals surface area contributed by atoms with Gasteiger partial charge in [-0.2, -0.15) is 0 Å². The first-order chi connectivity index (χ1) is 14.5. The summed E-state index contributed by atoms with van der Waals surface area (Å²) in [4.78, 5) is 24.4. The van der Waals surface area contributed by atoms with E-state index < -0.39 is 6.04 Å². The molecule has 8 heteroatoms. The first kappa shape index (κ1) is 20.8. The van der Waals surface area contributed by atoms with Gasteiger partial charge in [0, 0.05) is 52.9 Å². The molecule has 0 fully saturated rings. The summed E-state index contributed by atoms with van der Waals surface area (Å²) in [6, 6.07) is 13.4. The smallest absolute Gasteiger partial charge is 0.241 e. The lowest BCUT2D eigenvalue weighted by atomic mass is 10.00. The van der Waals surface area contributed by atoms with E-state index in [2.05, 4.69) is 38.9 Å². The van der Waals surface area contributed by atoms with Crippen molar-refractivity contribution in [2.45, 2.75) is 19.4 Å². The van der Waals surface area contributed by atoms with Gasteiger partial charge in [-0.1, -0.05) is 18.2 Å². The number of carbonyl (C=O) groups excluding carboxylic acids is 1. The largest absolute Gasteiger partial charge is 0.348 e. The highest BCUT2D eigenvalue weighted by Gasteiger charge is 2.21. The Morgan fingerprint density at radius 1 is 1.23 bits per heavy atom. The summed E-state index contributed by atoms with van der Waals surface area (Å²) in [6.45, 7) is 2.12. The number of benzene rings is 2. The van der Waals surface area contributed by atoms with E-state index in [4.69, 9.17) is 10.7 Å². The monoisotopic (exact) mass is 434 g/mol. The van der Waals surface area contributed by atoms with Crippen molar-refractivity contribution in [2.75, 3.05) is 5.32 Å². The van der Waals surface area contributed by atoms with Crippen molar-refractivity contribution in [3.63, 3.8) is 0 Å². The van der Waals surface area contributed by atoms with E-state index in [0.29, 0.717) is 12.1 Å². The maximum atomic E-state index is 12.6. The molecule has 31 heavy (non-hydrogen) atoms. The average molecular weight is 435 g/mol. The third kappa shape index (κ3) is 3.52. The number of nitrogens with two attached hydrogens (primary N) is 1. The number of halogens is 1. The molecule has 0 unspecified atom stereocenters. The molecule has 1 aromatic heterocycles. The van der Waals surface area contributed by atoms with Crippen LogP contribution in [0.15, 0.2) is 55.0 Å². The standard InChI is InChI=1S/C23H22N6O.ClH/c1-13-16-5-3-4-6-20(16)29(2)22-21(13)17-9-14(7-8-19(17)28-22)27-23(30)18(24)10-15-11-25-12-26-15;/h3-9,11-12,18H,10,24H2,1-2H3,(H,25,26)(H,27,30);1H/t18-;/m1./s1. The van der Waals surface area contributed by atoms with Gasteiger partial charge >= 0.3 is 0 Å². The van der Waals surface area contributed by atoms with E-state index in [-0.39, 0.29) is 18.3 Å². The highest BCUT2D eigenvalue weighted by molar-refractivity contribution is 6.06. The SMILES string of the molecule is Cc1c2c3cc(NC(=O)[C@H](N)Cc4cnc[nH]4)ccc3nc-2n(C)c2ccccc12.Cl. The number of hydrogen-bond acceptors (Lipinski definition) is 4. The zero-order valence-corrected chi connectivity index (χ0v) is 18.0. The van der Waals surface area contributed by atoms with Crippen LogP contribution in [0, 0.1) is 6.92 Å². The van der Waals surface area contributed by atoms with E-state index in [0.717, 1.165) is 33.5 Å². The van der Waals surface area contributed by atoms with Crippen LogP contribution in [0.2, 0.25) is 0 Å². The normalized spacial score (nSPS) is 12.2. The number of carbonyl (C=O) groups is 1. The van der Waals surface area contributed by atoms with Crippen LogP contribution in [0.1, 0.15) is 11.3 Å². The minimum Gasteiger partial charge on any atom is -0.348 e. The van der Waals surface area contributed by atoms with E-state index in [9.17, 15) is 4.79 Å². The van der Waals surface area contributed by atoms with Crippen molar-refractivity contribution in [3.8, 4) is 11.4 Å². The number of hydrogen-bond donors (Lipinski definition) is 3. The molecule has 4 N–H and O–H groups in total. The molecular weight excluding hydrogens is 412 g/mol. The summed E-state index contributed by atoms with van der Waals surface area (Å²) < 4.78 is 2.12. The second-order valence-electron chi connectivity index (χ2n) is 7.62. The van der Waals surface area contributed by atoms with E-state index >= 15 is 0 Å². The van der Waals surface area contributed by atoms with Crippen molar-refractivity contribution in [3.05, 3.63) is 66.2 Å². The summed E-state index contributed by atoms with van der Waals surface area (Å²) in [5, 5.41) is 5.15. The fourth-order valence-corrected chi connectivity index (χ4v) is 4.11. The van der Waals surface area contributed by atoms with Crippen LogP contribution in [0.5, 0.6) is 0 Å². The van der Waals surface area contributed by atoms with Gasteiger partial charge < -0.3 is 20.6 Å². The zero-order chi connectivity index (χ0) is 20.8. The summed E-state index contributed by atoms with van der Waals surface area (Å²) in [7, 11) is 2.03. The topological polar surface area (TPSA) is 102 Å². The van der Waals surface area contributed by atoms with Crippen LogP contribution >= 0.6 is 12.4 Å². The molecule has 7 nitrogen and oxygen atoms in total. The number of imidazole rings is 1. The Hall–Kier alpha value is -3.42. The highest BCUT2D eigenvalue weighted by Crippen LogP contribution is 2.38. The molecule has 0 bridgehead atoms. The lowest BCUT2D eigenvalue weighted by Gasteiger charge is -2.15. The number of aromatic amines is 1. The lowest BCUT2D eigenvalue weighted by molar-refractivity contribution is -0.117. The molecule has 3 heterocycles. The van der Waals surface area contributed by atoms with E-state index in [1.54, 1.807) is 12.5 Å². The Bertz CT molecular complexity index is 1360. The number of fused-ring (bicyclic) bond motifs is 4. The van der Waals surface area contributed by atoms with Gasteiger partial charge in [0.25, 0.3) is 0 Å². The predicted octanol–water partition coefficient (Wildman–Crippen LogP) is 3.79. The number of H-pyrrole nitrogens is 1. The molecule has 5 rings (SSSR count). The van der Waals surface area contributed by atoms with Gasteiger partial charge in [-0.3, -0.25) is 4.79 Å². The molecule has 0 spiro atoms. The molecule has 158 valence electrons. The molecule has 0 radical (unpaired) electrons. The van der Waals surface area contributed by atoms with E-state index in [1.807, 2.05) is 37.4 Å². The van der Waals surface area contributed by atoms with Crippen molar-refractivity contribution < 1.29 is 4.79 Å². The van der Waals surface area contributed by atoms with Crippen molar-refractivity contribution in [1.29, 1.82) is 0 Å². The van der Waals surface area contributed by atoms with Crippen LogP contribution in [-0.4, -0.2) is 31.5 Å². The van der Waals surface area contributed by atoms with Gasteiger partial charge in [0.1, 0.15) is 5.82 Å². The molecule has 0 saturated heterocycles. The van der Waals surface area contributed by atoms with Gasteiger partial charge in [0.15, 0.2) is 0 Å². The number of pyridine rings is 1. The second kappa shape index (κ2) is 8.02. The number of rotatable bonds is 4. The average Bonchev–Trinajstić information content (AvgIpc) is 3.39. The maximum absolute atomic E-state index is 12.6. The minimum atomic E-state index is -0.667. The Morgan fingerprint density at radius 3 is 2.81 bits per heavy atom. The minimum absolute atomic E-state index is 0. The quantitative estimate of drug-likeness (QED) is 0.400. The Morgan fingerprint density at radius 2 is 2.03 bits per heavy atom. The van der Waals surface area contributed by atoms with Crippen LogP contribution in [0.4, 0.5) is 5.69 Å². The molecule has 3 aromatic rings. The van der Waals surface area contributed by atoms with Crippen LogP contribution < -0.4 is 11.1 Å². The number of aromatic nitrogens is 4. The molecule has 2 aromatic carbocycles. The number of amides is 1. The number of anilines is 1. The Labute approximate surface area is 185 Å². The summed E-state index contributed by atoms with van der Waals surface area (Å²) in [6.07, 6.45) is 3.65. The van der Waals surface area contributed by atoms with Gasteiger partial charge in [-0.25, -0.2) is 9.97 Å². The summed E-state index contributed by atoms with van der Waals surface area (Å²) in [5.74, 6) is 0.695. The Balaban J connectivity index is 0.00000231. The van der Waals surface area contributed by atoms with Gasteiger partial charge in [-0.15, -0.1) is 12.4 Å². The molecule has 0 aliphatic carbocycles. The van der Waals surface area contributed by atoms with Gasteiger partial charge in [0.2, 0.25) is 5.91 Å². The van der Waals surface area contributed by atoms with E-state index in [1.165, 1.54) is 10.9 Å². The number of para-hydroxylation sites is 1. The third-order valence-corrected chi connectivity index (χ3v) is 5.68. The Kier molecular flexibility index (Phi) is 5.39. The van der Waals surface area contributed by atoms with Crippen molar-refractivity contribution in [2.24, 2.45) is 12.8 Å². The molecule has 1 atom stereocenters. The molecule has 1 amide bonds. The van der Waals surface area contributed by atoms with Gasteiger partial charge in [-0.05, 0) is 36.8 Å². The van der Waals surface area contributed by atoms with Gasteiger partial charge in [0.05, 0.1) is 17.9 Å². The van der Waals surface area contributed by atoms with Crippen LogP contribution in [0.3, 0.4) is 0 Å². The number of aryl methyl sites for hydroxylation is 2. The maximum Gasteiger partial charge on any atom is 0.241 e. The van der Waals surface area contributed by atoms with Crippen molar-refractivity contribution in [1.82, 2.24) is 19.5 Å². The van der Waals surface area contributed by atoms with Crippen LogP contribution in [-0.2, 0) is 18.3 Å². The molecular formula is C23H23ClN6O. The second-order valence-corrected chi connectivity index (χ2v) is 7.62. The zero-order valence-electron chi connectivity index (χ0n) is 17.2. The van der Waals surface area contributed by atoms with Crippen molar-refractivity contribution >= 4 is 45.8 Å². The highest BCUT2D eigenvalue weighted by atomic mass is 35.5. The number of nitrogens with one attached hydrogen (secondary N) is 2. The molecule has 2 aliphatic heterocycles. The first-order valence-electron chi connectivity index (χ1n) is 9.84. The van der Waals surface area contributed by atoms with Crippen LogP contribution in [0.25, 0.3) is 33.2 Å². The predicted molar refractivity (Wildman–Crippen MR) is 126 cm³/mol. The lowest BCUT2D eigenvalue weighted by Crippen LogP contribution is -2.37.